The van der Waals surface area contributed by atoms with E-state index in [4.69, 9.17) is 0 Å². The summed E-state index contributed by atoms with van der Waals surface area (Å²) in [5.41, 5.74) is -0.563. The number of amides is 2. The second kappa shape index (κ2) is 6.07. The number of fused-ring (bicyclic) bond motifs is 2. The zero-order valence-corrected chi connectivity index (χ0v) is 14.6. The summed E-state index contributed by atoms with van der Waals surface area (Å²) in [6.07, 6.45) is 6.84. The third-order valence-corrected chi connectivity index (χ3v) is 6.53. The van der Waals surface area contributed by atoms with Gasteiger partial charge in [-0.3, -0.25) is 24.3 Å². The van der Waals surface area contributed by atoms with E-state index in [1.807, 2.05) is 4.90 Å². The van der Waals surface area contributed by atoms with Gasteiger partial charge in [-0.15, -0.1) is 0 Å². The minimum atomic E-state index is -0.563. The highest BCUT2D eigenvalue weighted by Gasteiger charge is 2.64. The van der Waals surface area contributed by atoms with Crippen molar-refractivity contribution in [3.8, 4) is 0 Å². The van der Waals surface area contributed by atoms with Crippen LogP contribution in [0.15, 0.2) is 0 Å². The molecule has 0 aromatic rings. The minimum Gasteiger partial charge on any atom is -0.392 e. The van der Waals surface area contributed by atoms with Crippen LogP contribution in [0.3, 0.4) is 0 Å². The summed E-state index contributed by atoms with van der Waals surface area (Å²) in [6, 6.07) is 0.302. The van der Waals surface area contributed by atoms with Crippen molar-refractivity contribution in [3.63, 3.8) is 0 Å². The molecule has 24 heavy (non-hydrogen) atoms. The molecule has 6 nitrogen and oxygen atoms in total. The van der Waals surface area contributed by atoms with Crippen molar-refractivity contribution in [2.45, 2.75) is 75.6 Å². The van der Waals surface area contributed by atoms with Crippen molar-refractivity contribution in [1.29, 1.82) is 0 Å². The van der Waals surface area contributed by atoms with Gasteiger partial charge < -0.3 is 5.11 Å². The fourth-order valence-corrected chi connectivity index (χ4v) is 5.17. The Hall–Kier alpha value is -0.980. The number of carbonyl (C=O) groups is 2. The van der Waals surface area contributed by atoms with Crippen LogP contribution in [0.5, 0.6) is 0 Å². The summed E-state index contributed by atoms with van der Waals surface area (Å²) in [5, 5.41) is 10.1. The van der Waals surface area contributed by atoms with Crippen molar-refractivity contribution < 1.29 is 14.7 Å². The first-order chi connectivity index (χ1) is 11.6. The first-order valence-corrected chi connectivity index (χ1v) is 9.61. The number of nitrogens with zero attached hydrogens (tertiary/aromatic N) is 3. The Morgan fingerprint density at radius 1 is 1.21 bits per heavy atom. The number of hydrogen-bond acceptors (Lipinski definition) is 5. The third kappa shape index (κ3) is 2.34. The van der Waals surface area contributed by atoms with E-state index in [0.29, 0.717) is 25.6 Å². The van der Waals surface area contributed by atoms with Crippen molar-refractivity contribution >= 4 is 11.8 Å². The maximum atomic E-state index is 13.2. The number of hydrogen-bond donors (Lipinski definition) is 1. The predicted octanol–water partition coefficient (Wildman–Crippen LogP) is 0.587. The Morgan fingerprint density at radius 2 is 1.92 bits per heavy atom. The molecule has 1 spiro atoms. The molecule has 3 saturated heterocycles. The molecule has 0 aromatic carbocycles. The lowest BCUT2D eigenvalue weighted by atomic mass is 9.81. The second-order valence-electron chi connectivity index (χ2n) is 8.08. The van der Waals surface area contributed by atoms with Gasteiger partial charge in [-0.25, -0.2) is 0 Å². The molecule has 1 saturated carbocycles. The monoisotopic (exact) mass is 335 g/mol. The van der Waals surface area contributed by atoms with Gasteiger partial charge in [-0.2, -0.15) is 0 Å². The molecule has 4 rings (SSSR count). The van der Waals surface area contributed by atoms with Gasteiger partial charge in [-0.1, -0.05) is 26.2 Å². The van der Waals surface area contributed by atoms with Crippen LogP contribution < -0.4 is 0 Å². The van der Waals surface area contributed by atoms with Gasteiger partial charge in [0.2, 0.25) is 5.91 Å². The number of carbonyl (C=O) groups excluding carboxylic acids is 2. The van der Waals surface area contributed by atoms with E-state index >= 15 is 0 Å². The van der Waals surface area contributed by atoms with E-state index in [9.17, 15) is 14.7 Å². The molecular weight excluding hydrogens is 306 g/mol. The van der Waals surface area contributed by atoms with Gasteiger partial charge in [0, 0.05) is 32.2 Å². The molecule has 134 valence electrons. The second-order valence-corrected chi connectivity index (χ2v) is 8.08. The van der Waals surface area contributed by atoms with Gasteiger partial charge >= 0.3 is 0 Å². The molecule has 0 bridgehead atoms. The van der Waals surface area contributed by atoms with E-state index in [1.54, 1.807) is 0 Å². The molecule has 6 heteroatoms. The molecule has 1 aliphatic carbocycles. The van der Waals surface area contributed by atoms with Crippen LogP contribution in [-0.2, 0) is 9.59 Å². The molecule has 0 unspecified atom stereocenters. The molecule has 0 radical (unpaired) electrons. The summed E-state index contributed by atoms with van der Waals surface area (Å²) in [7, 11) is 0. The van der Waals surface area contributed by atoms with Gasteiger partial charge in [0.25, 0.3) is 5.91 Å². The third-order valence-electron chi connectivity index (χ3n) is 6.53. The molecule has 0 aromatic heterocycles. The normalized spacial score (nSPS) is 34.2. The number of likely N-dealkylation sites (tertiary alicyclic amines) is 1. The standard InChI is InChI=1S/C18H29N3O3/c1-2-3-8-20-16(23)15-9-14(22)10-21(15)18(17(20)24)11-19(12-18)13-6-4-5-7-13/h13-15,22H,2-12H2,1H3/t14-,15+/m1/s1. The lowest BCUT2D eigenvalue weighted by Crippen LogP contribution is -2.82. The van der Waals surface area contributed by atoms with Gasteiger partial charge in [-0.05, 0) is 25.7 Å². The van der Waals surface area contributed by atoms with Gasteiger partial charge in [0.15, 0.2) is 0 Å². The number of piperazine rings is 1. The quantitative estimate of drug-likeness (QED) is 0.762. The van der Waals surface area contributed by atoms with Crippen LogP contribution in [0.4, 0.5) is 0 Å². The molecule has 2 amide bonds. The van der Waals surface area contributed by atoms with Gasteiger partial charge in [0.1, 0.15) is 5.54 Å². The molecule has 3 aliphatic heterocycles. The lowest BCUT2D eigenvalue weighted by molar-refractivity contribution is -0.182. The number of unbranched alkanes of at least 4 members (excludes halogenated alkanes) is 1. The molecule has 1 N–H and O–H groups in total. The zero-order chi connectivity index (χ0) is 16.9. The first kappa shape index (κ1) is 16.5. The molecule has 4 fully saturated rings. The minimum absolute atomic E-state index is 0.0134. The van der Waals surface area contributed by atoms with Crippen LogP contribution in [-0.4, -0.2) is 81.5 Å². The fourth-order valence-electron chi connectivity index (χ4n) is 5.17. The largest absolute Gasteiger partial charge is 0.392 e. The topological polar surface area (TPSA) is 64.1 Å². The number of imide groups is 1. The average molecular weight is 335 g/mol. The Kier molecular flexibility index (Phi) is 4.17. The Morgan fingerprint density at radius 3 is 2.58 bits per heavy atom. The summed E-state index contributed by atoms with van der Waals surface area (Å²) < 4.78 is 0. The Balaban J connectivity index is 1.57. The van der Waals surface area contributed by atoms with Crippen LogP contribution >= 0.6 is 0 Å². The predicted molar refractivity (Wildman–Crippen MR) is 89.3 cm³/mol. The highest BCUT2D eigenvalue weighted by atomic mass is 16.3. The maximum absolute atomic E-state index is 13.2. The lowest BCUT2D eigenvalue weighted by Gasteiger charge is -2.60. The van der Waals surface area contributed by atoms with E-state index in [-0.39, 0.29) is 17.9 Å². The van der Waals surface area contributed by atoms with Crippen LogP contribution in [0.25, 0.3) is 0 Å². The van der Waals surface area contributed by atoms with Crippen LogP contribution in [0.2, 0.25) is 0 Å². The number of aliphatic hydroxyl groups excluding tert-OH is 1. The summed E-state index contributed by atoms with van der Waals surface area (Å²) >= 11 is 0. The van der Waals surface area contributed by atoms with Crippen molar-refractivity contribution in [3.05, 3.63) is 0 Å². The zero-order valence-electron chi connectivity index (χ0n) is 14.6. The number of rotatable bonds is 4. The highest BCUT2D eigenvalue weighted by Crippen LogP contribution is 2.42. The summed E-state index contributed by atoms with van der Waals surface area (Å²) in [6.45, 7) is 4.53. The molecule has 4 aliphatic rings. The smallest absolute Gasteiger partial charge is 0.252 e. The SMILES string of the molecule is CCCCN1C(=O)[C@@H]2C[C@@H](O)CN2C2(CN(C3CCCC3)C2)C1=O. The van der Waals surface area contributed by atoms with Crippen LogP contribution in [0.1, 0.15) is 51.9 Å². The van der Waals surface area contributed by atoms with Crippen molar-refractivity contribution in [2.75, 3.05) is 26.2 Å². The molecule has 3 heterocycles. The van der Waals surface area contributed by atoms with E-state index < -0.39 is 11.6 Å². The average Bonchev–Trinajstić information content (AvgIpc) is 3.16. The van der Waals surface area contributed by atoms with Crippen LogP contribution in [0, 0.1) is 0 Å². The van der Waals surface area contributed by atoms with Gasteiger partial charge in [0.05, 0.1) is 12.1 Å². The Bertz CT molecular complexity index is 526. The highest BCUT2D eigenvalue weighted by molar-refractivity contribution is 6.06. The Labute approximate surface area is 143 Å². The molecular formula is C18H29N3O3. The van der Waals surface area contributed by atoms with E-state index in [0.717, 1.165) is 25.9 Å². The van der Waals surface area contributed by atoms with E-state index in [2.05, 4.69) is 11.8 Å². The van der Waals surface area contributed by atoms with E-state index in [1.165, 1.54) is 30.6 Å². The van der Waals surface area contributed by atoms with Crippen molar-refractivity contribution in [1.82, 2.24) is 14.7 Å². The fraction of sp³-hybridized carbons (Fsp3) is 0.889. The van der Waals surface area contributed by atoms with Crippen molar-refractivity contribution in [2.24, 2.45) is 0 Å². The summed E-state index contributed by atoms with van der Waals surface area (Å²) in [5.74, 6) is -0.101. The number of β-amino-alcohol motifs (C(OH)–C–C–N with tert-alkyl or cyclic N) is 1. The molecule has 2 atom stereocenters. The maximum Gasteiger partial charge on any atom is 0.252 e. The first-order valence-electron chi connectivity index (χ1n) is 9.61. The number of aliphatic hydroxyl groups is 1. The summed E-state index contributed by atoms with van der Waals surface area (Å²) in [4.78, 5) is 32.0.